The molecule has 0 radical (unpaired) electrons. The molecule has 1 saturated carbocycles. The molecule has 20 heavy (non-hydrogen) atoms. The third kappa shape index (κ3) is 4.57. The Bertz CT molecular complexity index is 496. The van der Waals surface area contributed by atoms with Crippen molar-refractivity contribution in [2.24, 2.45) is 11.7 Å². The Hall–Kier alpha value is -0.390. The highest BCUT2D eigenvalue weighted by Crippen LogP contribution is 2.31. The van der Waals surface area contributed by atoms with Gasteiger partial charge < -0.3 is 5.73 Å². The third-order valence-electron chi connectivity index (χ3n) is 4.42. The van der Waals surface area contributed by atoms with Crippen LogP contribution < -0.4 is 5.73 Å². The summed E-state index contributed by atoms with van der Waals surface area (Å²) < 4.78 is 23.4. The van der Waals surface area contributed by atoms with E-state index in [9.17, 15) is 8.42 Å². The first-order valence-corrected chi connectivity index (χ1v) is 10.3. The van der Waals surface area contributed by atoms with E-state index in [4.69, 9.17) is 5.73 Å². The highest BCUT2D eigenvalue weighted by atomic mass is 32.2. The molecule has 1 aromatic heterocycles. The molecular weight excluding hydrogens is 290 g/mol. The first-order chi connectivity index (χ1) is 9.47. The Labute approximate surface area is 126 Å². The van der Waals surface area contributed by atoms with Crippen LogP contribution in [0.5, 0.6) is 0 Å². The lowest BCUT2D eigenvalue weighted by Gasteiger charge is -2.32. The van der Waals surface area contributed by atoms with Crippen LogP contribution in [0.3, 0.4) is 0 Å². The predicted octanol–water partition coefficient (Wildman–Crippen LogP) is 3.00. The second kappa shape index (κ2) is 7.05. The van der Waals surface area contributed by atoms with Crippen LogP contribution in [-0.2, 0) is 16.3 Å². The van der Waals surface area contributed by atoms with Crippen molar-refractivity contribution < 1.29 is 8.42 Å². The Kier molecular flexibility index (Phi) is 5.64. The molecule has 2 rings (SSSR count). The fourth-order valence-electron chi connectivity index (χ4n) is 3.16. The number of rotatable bonds is 6. The van der Waals surface area contributed by atoms with Crippen molar-refractivity contribution in [3.8, 4) is 0 Å². The van der Waals surface area contributed by atoms with Gasteiger partial charge in [-0.25, -0.2) is 8.42 Å². The Morgan fingerprint density at radius 1 is 1.45 bits per heavy atom. The molecule has 1 fully saturated rings. The number of aryl methyl sites for hydroxylation is 1. The van der Waals surface area contributed by atoms with Gasteiger partial charge in [0.15, 0.2) is 0 Å². The first kappa shape index (κ1) is 16.0. The van der Waals surface area contributed by atoms with E-state index in [0.29, 0.717) is 5.92 Å². The molecule has 1 aromatic rings. The van der Waals surface area contributed by atoms with Crippen LogP contribution in [0.4, 0.5) is 0 Å². The Morgan fingerprint density at radius 3 is 2.90 bits per heavy atom. The van der Waals surface area contributed by atoms with E-state index < -0.39 is 9.84 Å². The van der Waals surface area contributed by atoms with E-state index in [0.717, 1.165) is 44.9 Å². The summed E-state index contributed by atoms with van der Waals surface area (Å²) in [6, 6.07) is 4.40. The van der Waals surface area contributed by atoms with Gasteiger partial charge in [0.1, 0.15) is 9.84 Å². The van der Waals surface area contributed by atoms with Crippen LogP contribution >= 0.6 is 11.3 Å². The quantitative estimate of drug-likeness (QED) is 0.878. The number of hydrogen-bond donors (Lipinski definition) is 1. The summed E-state index contributed by atoms with van der Waals surface area (Å²) in [7, 11) is -2.90. The highest BCUT2D eigenvalue weighted by Gasteiger charge is 2.31. The predicted molar refractivity (Wildman–Crippen MR) is 85.8 cm³/mol. The summed E-state index contributed by atoms with van der Waals surface area (Å²) in [4.78, 5) is 1.41. The molecular formula is C15H25NO2S2. The maximum Gasteiger partial charge on any atom is 0.150 e. The van der Waals surface area contributed by atoms with E-state index in [-0.39, 0.29) is 11.3 Å². The molecule has 5 heteroatoms. The van der Waals surface area contributed by atoms with Crippen LogP contribution in [0, 0.1) is 5.92 Å². The van der Waals surface area contributed by atoms with Gasteiger partial charge in [-0.2, -0.15) is 0 Å². The molecule has 2 N–H and O–H groups in total. The highest BCUT2D eigenvalue weighted by molar-refractivity contribution is 7.91. The first-order valence-electron chi connectivity index (χ1n) is 7.43. The summed E-state index contributed by atoms with van der Waals surface area (Å²) in [6.45, 7) is 0. The topological polar surface area (TPSA) is 60.2 Å². The van der Waals surface area contributed by atoms with Crippen molar-refractivity contribution in [2.75, 3.05) is 6.26 Å². The van der Waals surface area contributed by atoms with Gasteiger partial charge in [0.2, 0.25) is 0 Å². The van der Waals surface area contributed by atoms with Crippen molar-refractivity contribution in [3.63, 3.8) is 0 Å². The second-order valence-corrected chi connectivity index (χ2v) is 9.37. The lowest BCUT2D eigenvalue weighted by atomic mass is 9.82. The second-order valence-electron chi connectivity index (χ2n) is 6.01. The van der Waals surface area contributed by atoms with Gasteiger partial charge in [-0.3, -0.25) is 0 Å². The fraction of sp³-hybridized carbons (Fsp3) is 0.733. The zero-order valence-corrected chi connectivity index (χ0v) is 13.8. The molecule has 3 unspecified atom stereocenters. The molecule has 0 aromatic carbocycles. The van der Waals surface area contributed by atoms with Gasteiger partial charge in [0.05, 0.1) is 5.25 Å². The van der Waals surface area contributed by atoms with Gasteiger partial charge in [-0.05, 0) is 55.9 Å². The SMILES string of the molecule is CS(=O)(=O)C1CCCC(C(N)CCCc2cccs2)C1. The molecule has 3 nitrogen and oxygen atoms in total. The zero-order valence-electron chi connectivity index (χ0n) is 12.1. The Balaban J connectivity index is 1.78. The number of nitrogens with two attached hydrogens (primary N) is 1. The number of sulfone groups is 1. The minimum Gasteiger partial charge on any atom is -0.327 e. The third-order valence-corrected chi connectivity index (χ3v) is 6.99. The van der Waals surface area contributed by atoms with Gasteiger partial charge in [0, 0.05) is 17.2 Å². The minimum atomic E-state index is -2.90. The van der Waals surface area contributed by atoms with Crippen molar-refractivity contribution in [3.05, 3.63) is 22.4 Å². The summed E-state index contributed by atoms with van der Waals surface area (Å²) in [5, 5.41) is 1.94. The van der Waals surface area contributed by atoms with Crippen molar-refractivity contribution >= 4 is 21.2 Å². The molecule has 1 heterocycles. The van der Waals surface area contributed by atoms with E-state index in [1.54, 1.807) is 11.3 Å². The maximum atomic E-state index is 11.7. The molecule has 1 aliphatic carbocycles. The Morgan fingerprint density at radius 2 is 2.25 bits per heavy atom. The van der Waals surface area contributed by atoms with Crippen LogP contribution in [0.2, 0.25) is 0 Å². The standard InChI is InChI=1S/C15H25NO2S2/c1-20(17,18)14-8-2-5-12(11-14)15(16)9-3-6-13-7-4-10-19-13/h4,7,10,12,14-15H,2-3,5-6,8-9,11,16H2,1H3. The smallest absolute Gasteiger partial charge is 0.150 e. The molecule has 0 saturated heterocycles. The molecule has 3 atom stereocenters. The summed E-state index contributed by atoms with van der Waals surface area (Å²) >= 11 is 1.79. The van der Waals surface area contributed by atoms with Crippen LogP contribution in [0.1, 0.15) is 43.4 Å². The van der Waals surface area contributed by atoms with Gasteiger partial charge in [-0.1, -0.05) is 12.5 Å². The molecule has 0 amide bonds. The summed E-state index contributed by atoms with van der Waals surface area (Å²) in [5.74, 6) is 0.381. The molecule has 0 aliphatic heterocycles. The number of thiophene rings is 1. The lowest BCUT2D eigenvalue weighted by molar-refractivity contribution is 0.293. The molecule has 0 spiro atoms. The van der Waals surface area contributed by atoms with Crippen molar-refractivity contribution in [1.29, 1.82) is 0 Å². The average Bonchev–Trinajstić information content (AvgIpc) is 2.91. The number of hydrogen-bond acceptors (Lipinski definition) is 4. The van der Waals surface area contributed by atoms with Gasteiger partial charge >= 0.3 is 0 Å². The van der Waals surface area contributed by atoms with Crippen LogP contribution in [-0.4, -0.2) is 26.0 Å². The molecule has 114 valence electrons. The van der Waals surface area contributed by atoms with E-state index >= 15 is 0 Å². The zero-order chi connectivity index (χ0) is 14.6. The average molecular weight is 316 g/mol. The van der Waals surface area contributed by atoms with Crippen LogP contribution in [0.15, 0.2) is 17.5 Å². The van der Waals surface area contributed by atoms with E-state index in [2.05, 4.69) is 17.5 Å². The lowest BCUT2D eigenvalue weighted by Crippen LogP contribution is -2.37. The minimum absolute atomic E-state index is 0.152. The van der Waals surface area contributed by atoms with Crippen molar-refractivity contribution in [1.82, 2.24) is 0 Å². The van der Waals surface area contributed by atoms with Gasteiger partial charge in [-0.15, -0.1) is 11.3 Å². The maximum absolute atomic E-state index is 11.7. The summed E-state index contributed by atoms with van der Waals surface area (Å²) in [5.41, 5.74) is 6.30. The van der Waals surface area contributed by atoms with Gasteiger partial charge in [0.25, 0.3) is 0 Å². The van der Waals surface area contributed by atoms with E-state index in [1.165, 1.54) is 11.1 Å². The van der Waals surface area contributed by atoms with E-state index in [1.807, 2.05) is 0 Å². The normalized spacial score (nSPS) is 25.5. The summed E-state index contributed by atoms with van der Waals surface area (Å²) in [6.07, 6.45) is 8.22. The monoisotopic (exact) mass is 315 g/mol. The molecule has 1 aliphatic rings. The van der Waals surface area contributed by atoms with Crippen molar-refractivity contribution in [2.45, 2.75) is 56.2 Å². The fourth-order valence-corrected chi connectivity index (χ4v) is 5.10. The molecule has 0 bridgehead atoms. The van der Waals surface area contributed by atoms with Crippen LogP contribution in [0.25, 0.3) is 0 Å². The largest absolute Gasteiger partial charge is 0.327 e.